The number of halogens is 2. The summed E-state index contributed by atoms with van der Waals surface area (Å²) in [5, 5.41) is 11.7. The van der Waals surface area contributed by atoms with E-state index in [-0.39, 0.29) is 11.5 Å². The van der Waals surface area contributed by atoms with E-state index >= 15 is 0 Å². The van der Waals surface area contributed by atoms with Crippen molar-refractivity contribution < 1.29 is 9.90 Å². The van der Waals surface area contributed by atoms with Crippen LogP contribution in [0, 0.1) is 0 Å². The first-order chi connectivity index (χ1) is 14.0. The van der Waals surface area contributed by atoms with Gasteiger partial charge in [0.25, 0.3) is 0 Å². The van der Waals surface area contributed by atoms with Crippen LogP contribution in [0.1, 0.15) is 17.2 Å². The molecule has 29 heavy (non-hydrogen) atoms. The van der Waals surface area contributed by atoms with Crippen LogP contribution in [-0.4, -0.2) is 10.9 Å². The van der Waals surface area contributed by atoms with Crippen LogP contribution >= 0.6 is 27.5 Å². The van der Waals surface area contributed by atoms with E-state index in [1.165, 1.54) is 0 Å². The van der Waals surface area contributed by atoms with Crippen LogP contribution in [0.5, 0.6) is 0 Å². The van der Waals surface area contributed by atoms with Gasteiger partial charge in [0.05, 0.1) is 17.3 Å². The number of nitrogens with zero attached hydrogens (tertiary/aromatic N) is 1. The molecule has 1 aliphatic heterocycles. The standard InChI is InChI=1S/C24H17BrClNO2/c1-15-23(28)21(24(29)17-5-3-2-4-6-17)22(16-7-9-18(25)10-8-16)27(15)20-13-11-19(26)12-14-20/h2-14,22,29H,1H2/b24-21-. The topological polar surface area (TPSA) is 40.5 Å². The first-order valence-corrected chi connectivity index (χ1v) is 10.2. The summed E-state index contributed by atoms with van der Waals surface area (Å²) < 4.78 is 0.931. The Labute approximate surface area is 182 Å². The summed E-state index contributed by atoms with van der Waals surface area (Å²) in [5.74, 6) is -0.324. The van der Waals surface area contributed by atoms with Gasteiger partial charge in [-0.3, -0.25) is 4.79 Å². The number of ketones is 1. The fraction of sp³-hybridized carbons (Fsp3) is 0.0417. The van der Waals surface area contributed by atoms with Crippen molar-refractivity contribution in [2.45, 2.75) is 6.04 Å². The SMILES string of the molecule is C=C1C(=O)/C(=C(\O)c2ccccc2)C(c2ccc(Br)cc2)N1c1ccc(Cl)cc1. The second kappa shape index (κ2) is 7.90. The molecule has 0 aromatic heterocycles. The molecule has 0 spiro atoms. The van der Waals surface area contributed by atoms with Gasteiger partial charge in [0, 0.05) is 20.7 Å². The maximum Gasteiger partial charge on any atom is 0.210 e. The van der Waals surface area contributed by atoms with Gasteiger partial charge >= 0.3 is 0 Å². The van der Waals surface area contributed by atoms with E-state index < -0.39 is 6.04 Å². The maximum atomic E-state index is 13.2. The average Bonchev–Trinajstić information content (AvgIpc) is 3.00. The molecule has 1 atom stereocenters. The third-order valence-electron chi connectivity index (χ3n) is 4.92. The molecule has 0 bridgehead atoms. The van der Waals surface area contributed by atoms with Crippen LogP contribution in [0.4, 0.5) is 5.69 Å². The highest BCUT2D eigenvalue weighted by Crippen LogP contribution is 2.45. The zero-order valence-corrected chi connectivity index (χ0v) is 17.7. The Morgan fingerprint density at radius 3 is 2.21 bits per heavy atom. The third-order valence-corrected chi connectivity index (χ3v) is 5.70. The van der Waals surface area contributed by atoms with Crippen LogP contribution in [0.25, 0.3) is 5.76 Å². The molecule has 3 aromatic carbocycles. The molecule has 1 saturated heterocycles. The molecule has 1 unspecified atom stereocenters. The number of rotatable bonds is 3. The van der Waals surface area contributed by atoms with Crippen LogP contribution in [0.2, 0.25) is 5.02 Å². The smallest absolute Gasteiger partial charge is 0.210 e. The highest BCUT2D eigenvalue weighted by molar-refractivity contribution is 9.10. The summed E-state index contributed by atoms with van der Waals surface area (Å²) in [7, 11) is 0. The van der Waals surface area contributed by atoms with Gasteiger partial charge in [0.2, 0.25) is 5.78 Å². The highest BCUT2D eigenvalue weighted by atomic mass is 79.9. The molecule has 1 heterocycles. The van der Waals surface area contributed by atoms with Crippen LogP contribution in [0.3, 0.4) is 0 Å². The Morgan fingerprint density at radius 2 is 1.59 bits per heavy atom. The first-order valence-electron chi connectivity index (χ1n) is 9.00. The lowest BCUT2D eigenvalue weighted by Crippen LogP contribution is -2.22. The Hall–Kier alpha value is -2.82. The number of aliphatic hydroxyl groups is 1. The van der Waals surface area contributed by atoms with Crippen molar-refractivity contribution in [3.63, 3.8) is 0 Å². The number of benzene rings is 3. The molecule has 5 heteroatoms. The van der Waals surface area contributed by atoms with Crippen LogP contribution in [0.15, 0.2) is 101 Å². The van der Waals surface area contributed by atoms with Gasteiger partial charge in [-0.1, -0.05) is 76.6 Å². The molecule has 3 aromatic rings. The number of carbonyl (C=O) groups is 1. The van der Waals surface area contributed by atoms with Gasteiger partial charge in [0.1, 0.15) is 5.76 Å². The van der Waals surface area contributed by atoms with Crippen molar-refractivity contribution in [3.05, 3.63) is 117 Å². The quantitative estimate of drug-likeness (QED) is 0.344. The molecule has 1 aliphatic rings. The molecule has 1 N–H and O–H groups in total. The van der Waals surface area contributed by atoms with Crippen molar-refractivity contribution in [2.24, 2.45) is 0 Å². The minimum atomic E-state index is -0.510. The molecule has 144 valence electrons. The Bertz CT molecular complexity index is 1110. The number of anilines is 1. The Kier molecular flexibility index (Phi) is 5.31. The lowest BCUT2D eigenvalue weighted by Gasteiger charge is -2.27. The highest BCUT2D eigenvalue weighted by Gasteiger charge is 2.43. The van der Waals surface area contributed by atoms with E-state index in [4.69, 9.17) is 11.6 Å². The minimum absolute atomic E-state index is 0.0406. The van der Waals surface area contributed by atoms with Gasteiger partial charge in [-0.15, -0.1) is 0 Å². The lowest BCUT2D eigenvalue weighted by molar-refractivity contribution is -0.111. The average molecular weight is 467 g/mol. The van der Waals surface area contributed by atoms with Crippen molar-refractivity contribution in [3.8, 4) is 0 Å². The van der Waals surface area contributed by atoms with E-state index in [0.717, 1.165) is 15.7 Å². The fourth-order valence-electron chi connectivity index (χ4n) is 3.53. The van der Waals surface area contributed by atoms with Crippen molar-refractivity contribution in [1.82, 2.24) is 0 Å². The molecule has 0 aliphatic carbocycles. The number of hydrogen-bond donors (Lipinski definition) is 1. The summed E-state index contributed by atoms with van der Waals surface area (Å²) in [6.07, 6.45) is 0. The fourth-order valence-corrected chi connectivity index (χ4v) is 3.92. The second-order valence-corrected chi connectivity index (χ2v) is 8.06. The third kappa shape index (κ3) is 3.61. The number of carbonyl (C=O) groups excluding carboxylic acids is 1. The summed E-state index contributed by atoms with van der Waals surface area (Å²) in [6, 6.07) is 23.5. The minimum Gasteiger partial charge on any atom is -0.507 e. The predicted octanol–water partition coefficient (Wildman–Crippen LogP) is 6.72. The molecule has 1 fully saturated rings. The van der Waals surface area contributed by atoms with Crippen LogP contribution < -0.4 is 4.90 Å². The molecule has 4 rings (SSSR count). The second-order valence-electron chi connectivity index (χ2n) is 6.70. The Balaban J connectivity index is 1.94. The van der Waals surface area contributed by atoms with Crippen molar-refractivity contribution >= 4 is 44.8 Å². The monoisotopic (exact) mass is 465 g/mol. The van der Waals surface area contributed by atoms with Gasteiger partial charge in [-0.05, 0) is 42.0 Å². The number of aliphatic hydroxyl groups excluding tert-OH is 1. The normalized spacial score (nSPS) is 18.3. The van der Waals surface area contributed by atoms with Crippen LogP contribution in [-0.2, 0) is 4.79 Å². The number of hydrogen-bond acceptors (Lipinski definition) is 3. The molecular weight excluding hydrogens is 450 g/mol. The molecule has 0 radical (unpaired) electrons. The molecule has 0 saturated carbocycles. The number of Topliss-reactive ketones (excluding diaryl/α,β-unsaturated/α-hetero) is 1. The van der Waals surface area contributed by atoms with E-state index in [0.29, 0.717) is 21.9 Å². The summed E-state index contributed by atoms with van der Waals surface area (Å²) in [6.45, 7) is 4.02. The van der Waals surface area contributed by atoms with Gasteiger partial charge < -0.3 is 10.0 Å². The molecule has 0 amide bonds. The summed E-state index contributed by atoms with van der Waals surface area (Å²) in [5.41, 5.74) is 2.84. The first kappa shape index (κ1) is 19.5. The predicted molar refractivity (Wildman–Crippen MR) is 121 cm³/mol. The van der Waals surface area contributed by atoms with E-state index in [2.05, 4.69) is 22.5 Å². The molecule has 3 nitrogen and oxygen atoms in total. The largest absolute Gasteiger partial charge is 0.507 e. The van der Waals surface area contributed by atoms with Gasteiger partial charge in [-0.25, -0.2) is 0 Å². The van der Waals surface area contributed by atoms with Crippen molar-refractivity contribution in [2.75, 3.05) is 4.90 Å². The zero-order chi connectivity index (χ0) is 20.5. The number of allylic oxidation sites excluding steroid dienone is 1. The van der Waals surface area contributed by atoms with E-state index in [9.17, 15) is 9.90 Å². The summed E-state index contributed by atoms with van der Waals surface area (Å²) >= 11 is 9.50. The van der Waals surface area contributed by atoms with E-state index in [1.54, 1.807) is 24.3 Å². The van der Waals surface area contributed by atoms with Gasteiger partial charge in [-0.2, -0.15) is 0 Å². The molecular formula is C24H17BrClNO2. The van der Waals surface area contributed by atoms with Gasteiger partial charge in [0.15, 0.2) is 0 Å². The lowest BCUT2D eigenvalue weighted by atomic mass is 9.95. The Morgan fingerprint density at radius 1 is 0.966 bits per heavy atom. The summed E-state index contributed by atoms with van der Waals surface area (Å²) in [4.78, 5) is 15.1. The maximum absolute atomic E-state index is 13.2. The van der Waals surface area contributed by atoms with E-state index in [1.807, 2.05) is 59.5 Å². The van der Waals surface area contributed by atoms with Crippen molar-refractivity contribution in [1.29, 1.82) is 0 Å². The zero-order valence-electron chi connectivity index (χ0n) is 15.3.